The summed E-state index contributed by atoms with van der Waals surface area (Å²) >= 11 is 0. The van der Waals surface area contributed by atoms with Crippen molar-refractivity contribution >= 4 is 12.0 Å². The fraction of sp³-hybridized carbons (Fsp3) is 0.333. The monoisotopic (exact) mass is 352 g/mol. The van der Waals surface area contributed by atoms with E-state index in [2.05, 4.69) is 5.32 Å². The molecule has 2 aromatic rings. The van der Waals surface area contributed by atoms with Gasteiger partial charge in [0.25, 0.3) is 0 Å². The first-order valence-electron chi connectivity index (χ1n) is 8.79. The number of rotatable bonds is 6. The zero-order chi connectivity index (χ0) is 18.5. The minimum Gasteiger partial charge on any atom is -0.445 e. The van der Waals surface area contributed by atoms with E-state index >= 15 is 0 Å². The Balaban J connectivity index is 1.65. The fourth-order valence-electron chi connectivity index (χ4n) is 3.19. The summed E-state index contributed by atoms with van der Waals surface area (Å²) in [5.74, 6) is 0.150. The summed E-state index contributed by atoms with van der Waals surface area (Å²) in [6.07, 6.45) is 0.306. The van der Waals surface area contributed by atoms with Gasteiger partial charge in [0.2, 0.25) is 5.91 Å². The molecule has 1 aliphatic carbocycles. The second-order valence-corrected chi connectivity index (χ2v) is 6.83. The largest absolute Gasteiger partial charge is 0.445 e. The van der Waals surface area contributed by atoms with E-state index in [9.17, 15) is 9.59 Å². The highest BCUT2D eigenvalue weighted by atomic mass is 16.5. The molecule has 136 valence electrons. The van der Waals surface area contributed by atoms with Crippen LogP contribution in [-0.2, 0) is 16.1 Å². The molecule has 0 radical (unpaired) electrons. The van der Waals surface area contributed by atoms with Crippen LogP contribution in [0.1, 0.15) is 23.6 Å². The van der Waals surface area contributed by atoms with Crippen molar-refractivity contribution in [2.24, 2.45) is 11.8 Å². The van der Waals surface area contributed by atoms with E-state index in [1.165, 1.54) is 0 Å². The van der Waals surface area contributed by atoms with Gasteiger partial charge in [0.15, 0.2) is 0 Å². The number of carbonyl (C=O) groups excluding carboxylic acids is 2. The number of carbonyl (C=O) groups is 2. The molecule has 1 N–H and O–H groups in total. The molecule has 2 amide bonds. The van der Waals surface area contributed by atoms with Crippen molar-refractivity contribution in [2.75, 3.05) is 14.1 Å². The van der Waals surface area contributed by atoms with Gasteiger partial charge in [-0.15, -0.1) is 0 Å². The summed E-state index contributed by atoms with van der Waals surface area (Å²) in [5, 5.41) is 2.96. The SMILES string of the molecule is CN(C)C(=O)[C@H]1C[C@H]1[C@H](NC(=O)OCc1ccccc1)c1ccccc1. The van der Waals surface area contributed by atoms with Crippen molar-refractivity contribution in [3.63, 3.8) is 0 Å². The quantitative estimate of drug-likeness (QED) is 0.867. The van der Waals surface area contributed by atoms with Crippen LogP contribution >= 0.6 is 0 Å². The second kappa shape index (κ2) is 8.04. The predicted molar refractivity (Wildman–Crippen MR) is 99.2 cm³/mol. The Morgan fingerprint density at radius 1 is 1.08 bits per heavy atom. The number of nitrogens with zero attached hydrogens (tertiary/aromatic N) is 1. The molecule has 0 bridgehead atoms. The van der Waals surface area contributed by atoms with E-state index in [4.69, 9.17) is 4.74 Å². The maximum absolute atomic E-state index is 12.3. The van der Waals surface area contributed by atoms with Crippen LogP contribution in [0.25, 0.3) is 0 Å². The van der Waals surface area contributed by atoms with Crippen LogP contribution in [0.5, 0.6) is 0 Å². The normalized spacial score (nSPS) is 19.3. The highest BCUT2D eigenvalue weighted by molar-refractivity contribution is 5.81. The summed E-state index contributed by atoms with van der Waals surface area (Å²) < 4.78 is 5.36. The van der Waals surface area contributed by atoms with Gasteiger partial charge in [0.05, 0.1) is 6.04 Å². The summed E-state index contributed by atoms with van der Waals surface area (Å²) in [6.45, 7) is 0.221. The summed E-state index contributed by atoms with van der Waals surface area (Å²) in [5.41, 5.74) is 1.93. The third-order valence-electron chi connectivity index (χ3n) is 4.67. The number of benzene rings is 2. The number of hydrogen-bond donors (Lipinski definition) is 1. The molecular formula is C21H24N2O3. The number of hydrogen-bond acceptors (Lipinski definition) is 3. The molecule has 1 fully saturated rings. The van der Waals surface area contributed by atoms with E-state index in [0.29, 0.717) is 0 Å². The van der Waals surface area contributed by atoms with Gasteiger partial charge in [0.1, 0.15) is 6.61 Å². The molecule has 0 unspecified atom stereocenters. The first-order chi connectivity index (χ1) is 12.6. The Morgan fingerprint density at radius 3 is 2.31 bits per heavy atom. The van der Waals surface area contributed by atoms with Crippen molar-refractivity contribution < 1.29 is 14.3 Å². The summed E-state index contributed by atoms with van der Waals surface area (Å²) in [7, 11) is 3.52. The second-order valence-electron chi connectivity index (χ2n) is 6.83. The molecule has 0 heterocycles. The Bertz CT molecular complexity index is 746. The van der Waals surface area contributed by atoms with Crippen LogP contribution in [0.4, 0.5) is 4.79 Å². The standard InChI is InChI=1S/C21H24N2O3/c1-23(2)20(24)18-13-17(18)19(16-11-7-4-8-12-16)22-21(25)26-14-15-9-5-3-6-10-15/h3-12,17-19H,13-14H2,1-2H3,(H,22,25)/t17-,18+,19-/m1/s1. The van der Waals surface area contributed by atoms with E-state index < -0.39 is 6.09 Å². The lowest BCUT2D eigenvalue weighted by Crippen LogP contribution is -2.32. The number of nitrogens with one attached hydrogen (secondary N) is 1. The molecule has 0 aliphatic heterocycles. The Labute approximate surface area is 154 Å². The van der Waals surface area contributed by atoms with Crippen molar-refractivity contribution in [3.05, 3.63) is 71.8 Å². The van der Waals surface area contributed by atoms with Crippen molar-refractivity contribution in [2.45, 2.75) is 19.1 Å². The van der Waals surface area contributed by atoms with Gasteiger partial charge in [-0.3, -0.25) is 4.79 Å². The highest BCUT2D eigenvalue weighted by Gasteiger charge is 2.49. The minimum atomic E-state index is -0.467. The molecule has 3 rings (SSSR count). The molecule has 26 heavy (non-hydrogen) atoms. The molecular weight excluding hydrogens is 328 g/mol. The van der Waals surface area contributed by atoms with Gasteiger partial charge in [0, 0.05) is 20.0 Å². The average Bonchev–Trinajstić information content (AvgIpc) is 3.45. The van der Waals surface area contributed by atoms with Crippen LogP contribution in [0.3, 0.4) is 0 Å². The first kappa shape index (κ1) is 18.0. The molecule has 1 saturated carbocycles. The Morgan fingerprint density at radius 2 is 1.69 bits per heavy atom. The molecule has 1 aliphatic rings. The smallest absolute Gasteiger partial charge is 0.407 e. The molecule has 5 heteroatoms. The number of ether oxygens (including phenoxy) is 1. The van der Waals surface area contributed by atoms with E-state index in [0.717, 1.165) is 17.5 Å². The van der Waals surface area contributed by atoms with E-state index in [1.807, 2.05) is 60.7 Å². The Kier molecular flexibility index (Phi) is 5.56. The molecule has 0 spiro atoms. The van der Waals surface area contributed by atoms with Gasteiger partial charge in [-0.1, -0.05) is 60.7 Å². The highest BCUT2D eigenvalue weighted by Crippen LogP contribution is 2.48. The molecule has 0 saturated heterocycles. The molecule has 5 nitrogen and oxygen atoms in total. The van der Waals surface area contributed by atoms with Crippen molar-refractivity contribution in [1.29, 1.82) is 0 Å². The minimum absolute atomic E-state index is 0.0513. The maximum atomic E-state index is 12.3. The van der Waals surface area contributed by atoms with Gasteiger partial charge in [-0.05, 0) is 23.5 Å². The van der Waals surface area contributed by atoms with E-state index in [-0.39, 0.29) is 30.4 Å². The van der Waals surface area contributed by atoms with Gasteiger partial charge >= 0.3 is 6.09 Å². The molecule has 0 aromatic heterocycles. The van der Waals surface area contributed by atoms with Crippen LogP contribution in [-0.4, -0.2) is 31.0 Å². The van der Waals surface area contributed by atoms with E-state index in [1.54, 1.807) is 19.0 Å². The zero-order valence-electron chi connectivity index (χ0n) is 15.1. The maximum Gasteiger partial charge on any atom is 0.407 e. The van der Waals surface area contributed by atoms with Crippen LogP contribution in [0, 0.1) is 11.8 Å². The van der Waals surface area contributed by atoms with Gasteiger partial charge in [-0.2, -0.15) is 0 Å². The van der Waals surface area contributed by atoms with Crippen LogP contribution < -0.4 is 5.32 Å². The lowest BCUT2D eigenvalue weighted by Gasteiger charge is -2.20. The predicted octanol–water partition coefficient (Wildman–Crippen LogP) is 3.38. The number of alkyl carbamates (subject to hydrolysis) is 1. The van der Waals surface area contributed by atoms with Crippen LogP contribution in [0.15, 0.2) is 60.7 Å². The lowest BCUT2D eigenvalue weighted by molar-refractivity contribution is -0.130. The average molecular weight is 352 g/mol. The number of amides is 2. The van der Waals surface area contributed by atoms with Crippen molar-refractivity contribution in [1.82, 2.24) is 10.2 Å². The third kappa shape index (κ3) is 4.42. The van der Waals surface area contributed by atoms with Gasteiger partial charge in [-0.25, -0.2) is 4.79 Å². The van der Waals surface area contributed by atoms with Crippen molar-refractivity contribution in [3.8, 4) is 0 Å². The molecule has 2 aromatic carbocycles. The summed E-state index contributed by atoms with van der Waals surface area (Å²) in [6, 6.07) is 19.1. The van der Waals surface area contributed by atoms with Crippen LogP contribution in [0.2, 0.25) is 0 Å². The first-order valence-corrected chi connectivity index (χ1v) is 8.79. The zero-order valence-corrected chi connectivity index (χ0v) is 15.1. The van der Waals surface area contributed by atoms with Gasteiger partial charge < -0.3 is 15.0 Å². The lowest BCUT2D eigenvalue weighted by atomic mass is 10.0. The topological polar surface area (TPSA) is 58.6 Å². The fourth-order valence-corrected chi connectivity index (χ4v) is 3.19. The molecule has 3 atom stereocenters. The Hall–Kier alpha value is -2.82. The summed E-state index contributed by atoms with van der Waals surface area (Å²) in [4.78, 5) is 26.2. The third-order valence-corrected chi connectivity index (χ3v) is 4.67.